The van der Waals surface area contributed by atoms with Crippen LogP contribution in [0.5, 0.6) is 0 Å². The molecule has 0 bridgehead atoms. The summed E-state index contributed by atoms with van der Waals surface area (Å²) >= 11 is 1.48. The van der Waals surface area contributed by atoms with Crippen LogP contribution >= 0.6 is 11.3 Å². The number of hydrogen-bond donors (Lipinski definition) is 2. The number of anilines is 3. The first-order valence-corrected chi connectivity index (χ1v) is 8.78. The molecule has 108 valence electrons. The Balaban J connectivity index is 1.97. The number of rotatable bonds is 3. The van der Waals surface area contributed by atoms with Crippen LogP contribution in [0.1, 0.15) is 0 Å². The summed E-state index contributed by atoms with van der Waals surface area (Å²) < 4.78 is 22.9. The summed E-state index contributed by atoms with van der Waals surface area (Å²) in [6.45, 7) is 0. The summed E-state index contributed by atoms with van der Waals surface area (Å²) in [6.07, 6.45) is 1.18. The molecule has 3 aromatic rings. The van der Waals surface area contributed by atoms with Gasteiger partial charge < -0.3 is 11.1 Å². The van der Waals surface area contributed by atoms with Crippen molar-refractivity contribution in [3.8, 4) is 0 Å². The van der Waals surface area contributed by atoms with Gasteiger partial charge in [-0.2, -0.15) is 4.98 Å². The van der Waals surface area contributed by atoms with Gasteiger partial charge in [-0.15, -0.1) is 11.3 Å². The highest BCUT2D eigenvalue weighted by molar-refractivity contribution is 7.90. The number of aromatic nitrogens is 2. The van der Waals surface area contributed by atoms with Gasteiger partial charge in [-0.25, -0.2) is 13.4 Å². The fourth-order valence-electron chi connectivity index (χ4n) is 1.89. The van der Waals surface area contributed by atoms with E-state index in [0.717, 1.165) is 15.9 Å². The Morgan fingerprint density at radius 2 is 1.86 bits per heavy atom. The van der Waals surface area contributed by atoms with Crippen molar-refractivity contribution >= 4 is 48.8 Å². The minimum atomic E-state index is -3.20. The summed E-state index contributed by atoms with van der Waals surface area (Å²) in [7, 11) is -3.20. The molecule has 3 rings (SSSR count). The average Bonchev–Trinajstić information content (AvgIpc) is 2.86. The Bertz CT molecular complexity index is 902. The number of hydrogen-bond acceptors (Lipinski definition) is 7. The number of nitrogen functional groups attached to an aromatic ring is 1. The number of nitrogens with zero attached hydrogens (tertiary/aromatic N) is 2. The van der Waals surface area contributed by atoms with E-state index in [1.165, 1.54) is 17.6 Å². The van der Waals surface area contributed by atoms with Crippen molar-refractivity contribution in [1.82, 2.24) is 9.97 Å². The number of nitrogens with one attached hydrogen (secondary N) is 1. The van der Waals surface area contributed by atoms with Crippen LogP contribution in [0.15, 0.2) is 40.6 Å². The molecule has 0 aliphatic rings. The highest BCUT2D eigenvalue weighted by Gasteiger charge is 2.09. The monoisotopic (exact) mass is 320 g/mol. The fraction of sp³-hybridized carbons (Fsp3) is 0.0769. The molecule has 0 unspecified atom stereocenters. The predicted molar refractivity (Wildman–Crippen MR) is 84.7 cm³/mol. The minimum absolute atomic E-state index is 0.195. The van der Waals surface area contributed by atoms with E-state index < -0.39 is 9.84 Å². The average molecular weight is 320 g/mol. The van der Waals surface area contributed by atoms with Gasteiger partial charge in [0.25, 0.3) is 0 Å². The molecule has 0 atom stereocenters. The SMILES string of the molecule is CS(=O)(=O)c1ccc(Nc2nc(N)nc3sccc23)cc1. The quantitative estimate of drug-likeness (QED) is 0.769. The lowest BCUT2D eigenvalue weighted by molar-refractivity contribution is 0.602. The van der Waals surface area contributed by atoms with Gasteiger partial charge in [0, 0.05) is 11.9 Å². The Kier molecular flexibility index (Phi) is 3.26. The molecular weight excluding hydrogens is 308 g/mol. The Morgan fingerprint density at radius 1 is 1.14 bits per heavy atom. The van der Waals surface area contributed by atoms with E-state index >= 15 is 0 Å². The fourth-order valence-corrected chi connectivity index (χ4v) is 3.29. The maximum Gasteiger partial charge on any atom is 0.223 e. The van der Waals surface area contributed by atoms with Gasteiger partial charge >= 0.3 is 0 Å². The van der Waals surface area contributed by atoms with E-state index in [1.807, 2.05) is 11.4 Å². The molecule has 0 fully saturated rings. The molecule has 2 aromatic heterocycles. The molecule has 0 radical (unpaired) electrons. The van der Waals surface area contributed by atoms with E-state index in [1.54, 1.807) is 24.3 Å². The third-order valence-corrected chi connectivity index (χ3v) is 4.82. The molecule has 0 spiro atoms. The molecule has 0 saturated heterocycles. The van der Waals surface area contributed by atoms with Gasteiger partial charge in [0.15, 0.2) is 9.84 Å². The Hall–Kier alpha value is -2.19. The van der Waals surface area contributed by atoms with Gasteiger partial charge in [0.2, 0.25) is 5.95 Å². The van der Waals surface area contributed by atoms with Crippen molar-refractivity contribution in [2.45, 2.75) is 4.90 Å². The second kappa shape index (κ2) is 4.97. The molecule has 0 aliphatic heterocycles. The van der Waals surface area contributed by atoms with E-state index in [0.29, 0.717) is 5.82 Å². The first-order chi connectivity index (χ1) is 9.93. The summed E-state index contributed by atoms with van der Waals surface area (Å²) in [4.78, 5) is 9.41. The lowest BCUT2D eigenvalue weighted by Crippen LogP contribution is -2.01. The molecule has 3 N–H and O–H groups in total. The maximum absolute atomic E-state index is 11.4. The van der Waals surface area contributed by atoms with Crippen molar-refractivity contribution in [2.75, 3.05) is 17.3 Å². The van der Waals surface area contributed by atoms with Crippen LogP contribution in [0.4, 0.5) is 17.5 Å². The molecule has 8 heteroatoms. The second-order valence-corrected chi connectivity index (χ2v) is 7.40. The van der Waals surface area contributed by atoms with Crippen molar-refractivity contribution in [3.63, 3.8) is 0 Å². The number of benzene rings is 1. The van der Waals surface area contributed by atoms with Crippen molar-refractivity contribution < 1.29 is 8.42 Å². The Labute approximate surface area is 125 Å². The van der Waals surface area contributed by atoms with Gasteiger partial charge in [0.05, 0.1) is 10.3 Å². The minimum Gasteiger partial charge on any atom is -0.368 e. The largest absolute Gasteiger partial charge is 0.368 e. The van der Waals surface area contributed by atoms with E-state index in [9.17, 15) is 8.42 Å². The Morgan fingerprint density at radius 3 is 2.52 bits per heavy atom. The van der Waals surface area contributed by atoms with Crippen LogP contribution in [-0.4, -0.2) is 24.6 Å². The van der Waals surface area contributed by atoms with Gasteiger partial charge in [-0.3, -0.25) is 0 Å². The summed E-state index contributed by atoms with van der Waals surface area (Å²) in [5.41, 5.74) is 6.41. The first-order valence-electron chi connectivity index (χ1n) is 6.01. The standard InChI is InChI=1S/C13H12N4O2S2/c1-21(18,19)9-4-2-8(3-5-9)15-11-10-6-7-20-12(10)17-13(14)16-11/h2-7H,1H3,(H3,14,15,16,17). The topological polar surface area (TPSA) is 98.0 Å². The zero-order valence-corrected chi connectivity index (χ0v) is 12.7. The summed E-state index contributed by atoms with van der Waals surface area (Å²) in [5, 5.41) is 5.92. The number of nitrogens with two attached hydrogens (primary N) is 1. The summed E-state index contributed by atoms with van der Waals surface area (Å²) in [5.74, 6) is 0.797. The lowest BCUT2D eigenvalue weighted by Gasteiger charge is -2.08. The molecule has 21 heavy (non-hydrogen) atoms. The van der Waals surface area contributed by atoms with E-state index in [2.05, 4.69) is 15.3 Å². The van der Waals surface area contributed by atoms with Crippen LogP contribution in [0.3, 0.4) is 0 Å². The second-order valence-electron chi connectivity index (χ2n) is 4.49. The van der Waals surface area contributed by atoms with Gasteiger partial charge in [-0.1, -0.05) is 0 Å². The molecule has 0 saturated carbocycles. The van der Waals surface area contributed by atoms with Crippen molar-refractivity contribution in [3.05, 3.63) is 35.7 Å². The van der Waals surface area contributed by atoms with Crippen LogP contribution in [-0.2, 0) is 9.84 Å². The van der Waals surface area contributed by atoms with Gasteiger partial charge in [0.1, 0.15) is 10.6 Å². The zero-order valence-electron chi connectivity index (χ0n) is 11.1. The first kappa shape index (κ1) is 13.8. The van der Waals surface area contributed by atoms with E-state index in [-0.39, 0.29) is 10.8 Å². The molecule has 0 amide bonds. The smallest absolute Gasteiger partial charge is 0.223 e. The lowest BCUT2D eigenvalue weighted by atomic mass is 10.3. The van der Waals surface area contributed by atoms with Crippen LogP contribution in [0, 0.1) is 0 Å². The van der Waals surface area contributed by atoms with Crippen molar-refractivity contribution in [2.24, 2.45) is 0 Å². The number of sulfone groups is 1. The molecule has 6 nitrogen and oxygen atoms in total. The third kappa shape index (κ3) is 2.81. The van der Waals surface area contributed by atoms with Gasteiger partial charge in [-0.05, 0) is 35.7 Å². The van der Waals surface area contributed by atoms with Crippen molar-refractivity contribution in [1.29, 1.82) is 0 Å². The molecule has 0 aliphatic carbocycles. The number of fused-ring (bicyclic) bond motifs is 1. The predicted octanol–water partition coefficient (Wildman–Crippen LogP) is 2.42. The third-order valence-electron chi connectivity index (χ3n) is 2.89. The van der Waals surface area contributed by atoms with Crippen LogP contribution < -0.4 is 11.1 Å². The van der Waals surface area contributed by atoms with Crippen LogP contribution in [0.25, 0.3) is 10.2 Å². The molecule has 1 aromatic carbocycles. The molecular formula is C13H12N4O2S2. The van der Waals surface area contributed by atoms with E-state index in [4.69, 9.17) is 5.73 Å². The summed E-state index contributed by atoms with van der Waals surface area (Å²) in [6, 6.07) is 8.38. The highest BCUT2D eigenvalue weighted by atomic mass is 32.2. The number of thiophene rings is 1. The normalized spacial score (nSPS) is 11.7. The zero-order chi connectivity index (χ0) is 15.0. The molecule has 2 heterocycles. The maximum atomic E-state index is 11.4. The van der Waals surface area contributed by atoms with Crippen LogP contribution in [0.2, 0.25) is 0 Å². The highest BCUT2D eigenvalue weighted by Crippen LogP contribution is 2.28.